The molecule has 0 spiro atoms. The van der Waals surface area contributed by atoms with E-state index in [-0.39, 0.29) is 5.54 Å². The quantitative estimate of drug-likeness (QED) is 0.528. The second kappa shape index (κ2) is 8.19. The van der Waals surface area contributed by atoms with Gasteiger partial charge in [0.05, 0.1) is 12.1 Å². The van der Waals surface area contributed by atoms with Gasteiger partial charge < -0.3 is 10.0 Å². The van der Waals surface area contributed by atoms with Crippen LogP contribution in [0.4, 0.5) is 0 Å². The van der Waals surface area contributed by atoms with E-state index in [1.54, 1.807) is 22.3 Å². The summed E-state index contributed by atoms with van der Waals surface area (Å²) in [4.78, 5) is 5.24. The molecule has 0 atom stereocenters. The van der Waals surface area contributed by atoms with Gasteiger partial charge in [-0.1, -0.05) is 71.1 Å². The third kappa shape index (κ3) is 3.24. The molecule has 0 radical (unpaired) electrons. The molecule has 1 fully saturated rings. The number of likely N-dealkylation sites (N-methyl/N-ethyl adjacent to an activating group) is 1. The molecule has 2 bridgehead atoms. The summed E-state index contributed by atoms with van der Waals surface area (Å²) in [5.41, 5.74) is 6.44. The van der Waals surface area contributed by atoms with Gasteiger partial charge >= 0.3 is 0 Å². The van der Waals surface area contributed by atoms with E-state index in [2.05, 4.69) is 88.0 Å². The van der Waals surface area contributed by atoms with E-state index in [0.29, 0.717) is 12.5 Å². The summed E-state index contributed by atoms with van der Waals surface area (Å²) < 4.78 is 0.845. The number of aliphatic hydroxyl groups is 1. The number of aliphatic hydroxyl groups excluding tert-OH is 1. The molecular weight excluding hydrogens is 447 g/mol. The van der Waals surface area contributed by atoms with Gasteiger partial charge in [0.15, 0.2) is 0 Å². The third-order valence-electron chi connectivity index (χ3n) is 6.49. The highest BCUT2D eigenvalue weighted by molar-refractivity contribution is 14.1. The Bertz CT molecular complexity index is 736. The number of alkyl halides is 1. The van der Waals surface area contributed by atoms with E-state index in [4.69, 9.17) is 5.11 Å². The second-order valence-electron chi connectivity index (χ2n) is 7.83. The molecule has 2 aromatic rings. The SMILES string of the molecule is CN1CCN(C23CCC(c4ccccc42)c2ccccc23)CC1.OCCI. The smallest absolute Gasteiger partial charge is 0.0722 e. The fourth-order valence-electron chi connectivity index (χ4n) is 5.29. The molecule has 1 N–H and O–H groups in total. The van der Waals surface area contributed by atoms with Crippen molar-refractivity contribution in [2.24, 2.45) is 0 Å². The van der Waals surface area contributed by atoms with Crippen molar-refractivity contribution in [3.05, 3.63) is 70.8 Å². The van der Waals surface area contributed by atoms with Crippen LogP contribution < -0.4 is 0 Å². The Balaban J connectivity index is 0.000000413. The molecule has 2 aromatic carbocycles. The molecule has 0 unspecified atom stereocenters. The Morgan fingerprint density at radius 1 is 0.963 bits per heavy atom. The predicted octanol–water partition coefficient (Wildman–Crippen LogP) is 3.83. The molecule has 3 nitrogen and oxygen atoms in total. The first kappa shape index (κ1) is 19.4. The zero-order valence-corrected chi connectivity index (χ0v) is 18.2. The van der Waals surface area contributed by atoms with Crippen LogP contribution in [0.5, 0.6) is 0 Å². The van der Waals surface area contributed by atoms with Crippen LogP contribution in [0.15, 0.2) is 48.5 Å². The van der Waals surface area contributed by atoms with Crippen LogP contribution in [0.2, 0.25) is 0 Å². The molecule has 144 valence electrons. The van der Waals surface area contributed by atoms with Gasteiger partial charge in [0.25, 0.3) is 0 Å². The average Bonchev–Trinajstić information content (AvgIpc) is 2.75. The predicted molar refractivity (Wildman–Crippen MR) is 120 cm³/mol. The Morgan fingerprint density at radius 2 is 1.48 bits per heavy atom. The first-order valence-corrected chi connectivity index (χ1v) is 11.5. The van der Waals surface area contributed by atoms with Gasteiger partial charge in [-0.05, 0) is 42.1 Å². The van der Waals surface area contributed by atoms with E-state index in [1.165, 1.54) is 39.0 Å². The Labute approximate surface area is 176 Å². The first-order chi connectivity index (χ1) is 13.2. The minimum absolute atomic E-state index is 0.114. The van der Waals surface area contributed by atoms with Crippen LogP contribution in [-0.2, 0) is 5.54 Å². The molecule has 0 amide bonds. The van der Waals surface area contributed by atoms with Gasteiger partial charge in [-0.25, -0.2) is 0 Å². The molecule has 0 saturated carbocycles. The number of benzene rings is 2. The van der Waals surface area contributed by atoms with Crippen LogP contribution >= 0.6 is 22.6 Å². The van der Waals surface area contributed by atoms with Gasteiger partial charge in [-0.3, -0.25) is 4.90 Å². The van der Waals surface area contributed by atoms with Crippen LogP contribution in [0.3, 0.4) is 0 Å². The van der Waals surface area contributed by atoms with Crippen molar-refractivity contribution >= 4 is 22.6 Å². The Morgan fingerprint density at radius 3 is 2.00 bits per heavy atom. The van der Waals surface area contributed by atoms with Crippen LogP contribution in [-0.4, -0.2) is 59.2 Å². The van der Waals surface area contributed by atoms with Crippen LogP contribution in [0, 0.1) is 0 Å². The topological polar surface area (TPSA) is 26.7 Å². The zero-order valence-electron chi connectivity index (χ0n) is 16.1. The summed E-state index contributed by atoms with van der Waals surface area (Å²) in [7, 11) is 2.24. The molecular formula is C23H29IN2O. The van der Waals surface area contributed by atoms with Crippen molar-refractivity contribution in [1.82, 2.24) is 9.80 Å². The van der Waals surface area contributed by atoms with Crippen molar-refractivity contribution in [3.8, 4) is 0 Å². The number of fused-ring (bicyclic) bond motifs is 1. The maximum absolute atomic E-state index is 7.87. The maximum atomic E-state index is 7.87. The van der Waals surface area contributed by atoms with Crippen molar-refractivity contribution in [2.75, 3.05) is 44.3 Å². The lowest BCUT2D eigenvalue weighted by molar-refractivity contribution is 0.0429. The monoisotopic (exact) mass is 476 g/mol. The summed E-state index contributed by atoms with van der Waals surface area (Å²) in [6.07, 6.45) is 2.57. The van der Waals surface area contributed by atoms with Crippen molar-refractivity contribution in [2.45, 2.75) is 24.3 Å². The summed E-state index contributed by atoms with van der Waals surface area (Å²) >= 11 is 2.10. The lowest BCUT2D eigenvalue weighted by Crippen LogP contribution is -2.58. The molecule has 1 aliphatic heterocycles. The van der Waals surface area contributed by atoms with Crippen molar-refractivity contribution in [1.29, 1.82) is 0 Å². The van der Waals surface area contributed by atoms with E-state index < -0.39 is 0 Å². The highest BCUT2D eigenvalue weighted by atomic mass is 127. The summed E-state index contributed by atoms with van der Waals surface area (Å²) in [6.45, 7) is 5.00. The van der Waals surface area contributed by atoms with Gasteiger partial charge in [0.1, 0.15) is 0 Å². The molecule has 3 aliphatic carbocycles. The van der Waals surface area contributed by atoms with Crippen LogP contribution in [0.25, 0.3) is 0 Å². The number of hydrogen-bond acceptors (Lipinski definition) is 3. The molecule has 4 aliphatic rings. The van der Waals surface area contributed by atoms with Gasteiger partial charge in [-0.2, -0.15) is 0 Å². The van der Waals surface area contributed by atoms with Gasteiger partial charge in [-0.15, -0.1) is 0 Å². The standard InChI is InChI=1S/C21H24N2.C2H5IO/c1-22-12-14-23(15-13-22)21-11-10-16(17-6-2-4-8-19(17)21)18-7-3-5-9-20(18)21;3-1-2-4/h2-9,16H,10-15H2,1H3;4H,1-2H2. The zero-order chi connectivity index (χ0) is 18.9. The lowest BCUT2D eigenvalue weighted by atomic mass is 9.58. The minimum Gasteiger partial charge on any atom is -0.396 e. The normalized spacial score (nSPS) is 26.7. The number of rotatable bonds is 2. The number of nitrogens with zero attached hydrogens (tertiary/aromatic N) is 2. The lowest BCUT2D eigenvalue weighted by Gasteiger charge is -2.56. The van der Waals surface area contributed by atoms with E-state index in [9.17, 15) is 0 Å². The highest BCUT2D eigenvalue weighted by Gasteiger charge is 2.51. The van der Waals surface area contributed by atoms with Crippen LogP contribution in [0.1, 0.15) is 41.0 Å². The first-order valence-electron chi connectivity index (χ1n) is 10.0. The van der Waals surface area contributed by atoms with Crippen molar-refractivity contribution < 1.29 is 5.11 Å². The second-order valence-corrected chi connectivity index (χ2v) is 8.91. The van der Waals surface area contributed by atoms with Gasteiger partial charge in [0, 0.05) is 36.5 Å². The maximum Gasteiger partial charge on any atom is 0.0722 e. The fraction of sp³-hybridized carbons (Fsp3) is 0.478. The number of hydrogen-bond donors (Lipinski definition) is 1. The highest BCUT2D eigenvalue weighted by Crippen LogP contribution is 2.57. The summed E-state index contributed by atoms with van der Waals surface area (Å²) in [6, 6.07) is 18.5. The average molecular weight is 476 g/mol. The van der Waals surface area contributed by atoms with E-state index >= 15 is 0 Å². The molecule has 1 heterocycles. The summed E-state index contributed by atoms with van der Waals surface area (Å²) in [5, 5.41) is 7.87. The molecule has 4 heteroatoms. The largest absolute Gasteiger partial charge is 0.396 e. The molecule has 1 saturated heterocycles. The number of halogens is 1. The Kier molecular flexibility index (Phi) is 5.88. The number of piperazine rings is 1. The molecule has 27 heavy (non-hydrogen) atoms. The fourth-order valence-corrected chi connectivity index (χ4v) is 5.29. The molecule has 0 aromatic heterocycles. The van der Waals surface area contributed by atoms with E-state index in [1.807, 2.05) is 0 Å². The minimum atomic E-state index is 0.114. The third-order valence-corrected chi connectivity index (χ3v) is 6.97. The van der Waals surface area contributed by atoms with Gasteiger partial charge in [0.2, 0.25) is 0 Å². The molecule has 6 rings (SSSR count). The summed E-state index contributed by atoms with van der Waals surface area (Å²) in [5.74, 6) is 0.608. The van der Waals surface area contributed by atoms with E-state index in [0.717, 1.165) is 4.43 Å². The Hall–Kier alpha value is -0.950. The van der Waals surface area contributed by atoms with Crippen molar-refractivity contribution in [3.63, 3.8) is 0 Å².